The zero-order valence-electron chi connectivity index (χ0n) is 5.20. The molecular formula is C4H8NO3P. The van der Waals surface area contributed by atoms with E-state index in [4.69, 9.17) is 15.0 Å². The van der Waals surface area contributed by atoms with Gasteiger partial charge in [-0.05, 0) is 13.8 Å². The van der Waals surface area contributed by atoms with Crippen molar-refractivity contribution >= 4 is 7.60 Å². The first kappa shape index (κ1) is 8.64. The molecule has 0 saturated carbocycles. The summed E-state index contributed by atoms with van der Waals surface area (Å²) in [4.78, 5) is 16.9. The Morgan fingerprint density at radius 2 is 1.89 bits per heavy atom. The molecule has 0 aromatic heterocycles. The van der Waals surface area contributed by atoms with Crippen molar-refractivity contribution in [2.24, 2.45) is 0 Å². The maximum absolute atomic E-state index is 10.4. The molecule has 0 saturated heterocycles. The van der Waals surface area contributed by atoms with Crippen molar-refractivity contribution in [2.45, 2.75) is 19.0 Å². The van der Waals surface area contributed by atoms with Crippen LogP contribution in [0.25, 0.3) is 0 Å². The van der Waals surface area contributed by atoms with Gasteiger partial charge < -0.3 is 9.79 Å². The number of nitriles is 1. The Labute approximate surface area is 53.3 Å². The minimum absolute atomic E-state index is 1.20. The number of hydrogen-bond donors (Lipinski definition) is 2. The van der Waals surface area contributed by atoms with Gasteiger partial charge in [-0.3, -0.25) is 4.57 Å². The Balaban J connectivity index is 4.61. The molecule has 0 aliphatic heterocycles. The predicted molar refractivity (Wildman–Crippen MR) is 31.7 cm³/mol. The molecule has 0 bridgehead atoms. The van der Waals surface area contributed by atoms with Crippen molar-refractivity contribution in [3.63, 3.8) is 0 Å². The highest BCUT2D eigenvalue weighted by atomic mass is 31.2. The topological polar surface area (TPSA) is 81.3 Å². The molecule has 0 unspecified atom stereocenters. The lowest BCUT2D eigenvalue weighted by Gasteiger charge is -2.15. The maximum atomic E-state index is 10.4. The van der Waals surface area contributed by atoms with Gasteiger partial charge in [0.15, 0.2) is 5.16 Å². The van der Waals surface area contributed by atoms with Crippen LogP contribution in [0.15, 0.2) is 0 Å². The predicted octanol–water partition coefficient (Wildman–Crippen LogP) is 0.466. The minimum Gasteiger partial charge on any atom is -0.323 e. The molecule has 0 rings (SSSR count). The lowest BCUT2D eigenvalue weighted by Crippen LogP contribution is -2.16. The third-order valence-electron chi connectivity index (χ3n) is 1.00. The van der Waals surface area contributed by atoms with E-state index in [1.165, 1.54) is 19.9 Å². The van der Waals surface area contributed by atoms with E-state index in [0.717, 1.165) is 0 Å². The molecule has 0 atom stereocenters. The van der Waals surface area contributed by atoms with Crippen LogP contribution < -0.4 is 0 Å². The van der Waals surface area contributed by atoms with Crippen LogP contribution in [0.2, 0.25) is 0 Å². The molecule has 0 heterocycles. The summed E-state index contributed by atoms with van der Waals surface area (Å²) in [6.07, 6.45) is 0. The average molecular weight is 149 g/mol. The zero-order chi connectivity index (χ0) is 7.71. The van der Waals surface area contributed by atoms with E-state index in [0.29, 0.717) is 0 Å². The Bertz CT molecular complexity index is 186. The van der Waals surface area contributed by atoms with Crippen LogP contribution in [-0.2, 0) is 4.57 Å². The lowest BCUT2D eigenvalue weighted by atomic mass is 10.2. The summed E-state index contributed by atoms with van der Waals surface area (Å²) < 4.78 is 10.4. The molecule has 0 aromatic carbocycles. The van der Waals surface area contributed by atoms with Crippen molar-refractivity contribution in [1.29, 1.82) is 5.26 Å². The number of nitrogens with zero attached hydrogens (tertiary/aromatic N) is 1. The highest BCUT2D eigenvalue weighted by Gasteiger charge is 2.37. The average Bonchev–Trinajstić information content (AvgIpc) is 1.64. The van der Waals surface area contributed by atoms with Crippen molar-refractivity contribution in [2.75, 3.05) is 0 Å². The van der Waals surface area contributed by atoms with Crippen LogP contribution in [0.4, 0.5) is 0 Å². The first-order chi connectivity index (χ1) is 3.81. The second-order valence-electron chi connectivity index (χ2n) is 2.21. The molecule has 0 radical (unpaired) electrons. The SMILES string of the molecule is CC(C)(C#N)P(=O)(O)O. The molecule has 0 amide bonds. The summed E-state index contributed by atoms with van der Waals surface area (Å²) in [7, 11) is -4.23. The number of hydrogen-bond acceptors (Lipinski definition) is 2. The molecule has 9 heavy (non-hydrogen) atoms. The van der Waals surface area contributed by atoms with Gasteiger partial charge in [-0.25, -0.2) is 0 Å². The maximum Gasteiger partial charge on any atom is 0.345 e. The Kier molecular flexibility index (Phi) is 2.02. The van der Waals surface area contributed by atoms with E-state index in [1.807, 2.05) is 0 Å². The van der Waals surface area contributed by atoms with Gasteiger partial charge in [0.05, 0.1) is 6.07 Å². The molecular weight excluding hydrogens is 141 g/mol. The van der Waals surface area contributed by atoms with Gasteiger partial charge in [0.25, 0.3) is 0 Å². The molecule has 0 aliphatic rings. The van der Waals surface area contributed by atoms with E-state index in [2.05, 4.69) is 0 Å². The quantitative estimate of drug-likeness (QED) is 0.531. The van der Waals surface area contributed by atoms with Gasteiger partial charge in [0.2, 0.25) is 0 Å². The Morgan fingerprint density at radius 3 is 1.89 bits per heavy atom. The summed E-state index contributed by atoms with van der Waals surface area (Å²) in [5, 5.41) is 6.64. The molecule has 5 heteroatoms. The molecule has 4 nitrogen and oxygen atoms in total. The normalized spacial score (nSPS) is 12.8. The number of rotatable bonds is 1. The van der Waals surface area contributed by atoms with Crippen molar-refractivity contribution in [3.8, 4) is 6.07 Å². The second-order valence-corrected chi connectivity index (χ2v) is 4.42. The smallest absolute Gasteiger partial charge is 0.323 e. The first-order valence-electron chi connectivity index (χ1n) is 2.28. The molecule has 0 aromatic rings. The van der Waals surface area contributed by atoms with Crippen LogP contribution in [0.3, 0.4) is 0 Å². The van der Waals surface area contributed by atoms with Gasteiger partial charge in [-0.1, -0.05) is 0 Å². The zero-order valence-corrected chi connectivity index (χ0v) is 6.09. The molecule has 2 N–H and O–H groups in total. The highest BCUT2D eigenvalue weighted by Crippen LogP contribution is 2.49. The van der Waals surface area contributed by atoms with Gasteiger partial charge >= 0.3 is 7.60 Å². The molecule has 0 aliphatic carbocycles. The van der Waals surface area contributed by atoms with E-state index in [9.17, 15) is 4.57 Å². The van der Waals surface area contributed by atoms with Crippen LogP contribution in [-0.4, -0.2) is 14.9 Å². The lowest BCUT2D eigenvalue weighted by molar-refractivity contribution is 0.351. The van der Waals surface area contributed by atoms with Gasteiger partial charge in [0.1, 0.15) is 0 Å². The molecule has 0 fully saturated rings. The third kappa shape index (κ3) is 1.79. The summed E-state index contributed by atoms with van der Waals surface area (Å²) in [5.41, 5.74) is 0. The first-order valence-corrected chi connectivity index (χ1v) is 3.89. The minimum atomic E-state index is -4.23. The fourth-order valence-corrected chi connectivity index (χ4v) is 0.195. The van der Waals surface area contributed by atoms with Crippen molar-refractivity contribution < 1.29 is 14.4 Å². The second kappa shape index (κ2) is 2.11. The molecule has 52 valence electrons. The monoisotopic (exact) mass is 149 g/mol. The fraction of sp³-hybridized carbons (Fsp3) is 0.750. The largest absolute Gasteiger partial charge is 0.345 e. The van der Waals surface area contributed by atoms with Crippen LogP contribution in [0, 0.1) is 11.3 Å². The Hall–Kier alpha value is -0.360. The standard InChI is InChI=1S/C4H8NO3P/c1-4(2,3-5)9(6,7)8/h1-2H3,(H2,6,7,8). The fourth-order valence-electron chi connectivity index (χ4n) is 0.0651. The van der Waals surface area contributed by atoms with Crippen molar-refractivity contribution in [1.82, 2.24) is 0 Å². The highest BCUT2D eigenvalue weighted by molar-refractivity contribution is 7.53. The van der Waals surface area contributed by atoms with Crippen molar-refractivity contribution in [3.05, 3.63) is 0 Å². The van der Waals surface area contributed by atoms with Crippen LogP contribution in [0.1, 0.15) is 13.8 Å². The van der Waals surface area contributed by atoms with E-state index >= 15 is 0 Å². The Morgan fingerprint density at radius 1 is 1.56 bits per heavy atom. The third-order valence-corrected chi connectivity index (χ3v) is 2.56. The van der Waals surface area contributed by atoms with E-state index in [1.54, 1.807) is 0 Å². The summed E-state index contributed by atoms with van der Waals surface area (Å²) in [6.45, 7) is 2.40. The van der Waals surface area contributed by atoms with Crippen LogP contribution in [0.5, 0.6) is 0 Å². The summed E-state index contributed by atoms with van der Waals surface area (Å²) in [6, 6.07) is 1.52. The van der Waals surface area contributed by atoms with Gasteiger partial charge in [-0.2, -0.15) is 5.26 Å². The van der Waals surface area contributed by atoms with E-state index in [-0.39, 0.29) is 0 Å². The summed E-state index contributed by atoms with van der Waals surface area (Å²) in [5.74, 6) is 0. The van der Waals surface area contributed by atoms with Crippen LogP contribution >= 0.6 is 7.60 Å². The van der Waals surface area contributed by atoms with Gasteiger partial charge in [-0.15, -0.1) is 0 Å². The van der Waals surface area contributed by atoms with Gasteiger partial charge in [0, 0.05) is 0 Å². The summed E-state index contributed by atoms with van der Waals surface area (Å²) >= 11 is 0. The van der Waals surface area contributed by atoms with E-state index < -0.39 is 12.8 Å². The molecule has 0 spiro atoms.